The summed E-state index contributed by atoms with van der Waals surface area (Å²) in [5.41, 5.74) is 2.12. The number of aryl methyl sites for hydroxylation is 1. The molecule has 0 aliphatic rings. The number of fused-ring (bicyclic) bond motifs is 1. The molecule has 2 rings (SSSR count). The third-order valence-electron chi connectivity index (χ3n) is 1.96. The van der Waals surface area contributed by atoms with Gasteiger partial charge in [0.15, 0.2) is 0 Å². The van der Waals surface area contributed by atoms with Gasteiger partial charge in [0.05, 0.1) is 11.0 Å². The molecule has 0 spiro atoms. The number of aromatic nitrogens is 2. The predicted molar refractivity (Wildman–Crippen MR) is 52.9 cm³/mol. The molecule has 2 aromatic rings. The van der Waals surface area contributed by atoms with Crippen molar-refractivity contribution < 1.29 is 9.90 Å². The van der Waals surface area contributed by atoms with Gasteiger partial charge in [0.2, 0.25) is 5.28 Å². The first-order valence-electron chi connectivity index (χ1n) is 3.97. The van der Waals surface area contributed by atoms with Gasteiger partial charge in [0.25, 0.3) is 0 Å². The summed E-state index contributed by atoms with van der Waals surface area (Å²) >= 11 is 5.69. The van der Waals surface area contributed by atoms with Crippen LogP contribution in [0.3, 0.4) is 0 Å². The fraction of sp³-hybridized carbons (Fsp3) is 0.111. The molecule has 72 valence electrons. The Bertz CT molecular complexity index is 519. The van der Waals surface area contributed by atoms with Crippen molar-refractivity contribution in [3.8, 4) is 0 Å². The summed E-state index contributed by atoms with van der Waals surface area (Å²) in [5, 5.41) is 8.83. The molecule has 1 aromatic carbocycles. The fourth-order valence-electron chi connectivity index (χ4n) is 1.34. The van der Waals surface area contributed by atoms with Crippen LogP contribution in [0.4, 0.5) is 4.79 Å². The van der Waals surface area contributed by atoms with Crippen LogP contribution in [0.2, 0.25) is 5.28 Å². The van der Waals surface area contributed by atoms with Gasteiger partial charge in [-0.1, -0.05) is 6.07 Å². The van der Waals surface area contributed by atoms with Crippen molar-refractivity contribution in [1.29, 1.82) is 0 Å². The summed E-state index contributed by atoms with van der Waals surface area (Å²) in [6.45, 7) is 1.91. The van der Waals surface area contributed by atoms with E-state index in [4.69, 9.17) is 16.7 Å². The summed E-state index contributed by atoms with van der Waals surface area (Å²) in [5.74, 6) is 0. The van der Waals surface area contributed by atoms with Gasteiger partial charge in [-0.15, -0.1) is 0 Å². The lowest BCUT2D eigenvalue weighted by atomic mass is 10.2. The molecule has 0 amide bonds. The molecule has 0 atom stereocenters. The van der Waals surface area contributed by atoms with E-state index in [0.717, 1.165) is 10.1 Å². The van der Waals surface area contributed by atoms with Crippen LogP contribution < -0.4 is 0 Å². The second-order valence-corrected chi connectivity index (χ2v) is 3.33. The highest BCUT2D eigenvalue weighted by Gasteiger charge is 2.13. The van der Waals surface area contributed by atoms with Crippen LogP contribution in [0.5, 0.6) is 0 Å². The third-order valence-corrected chi connectivity index (χ3v) is 2.21. The maximum atomic E-state index is 10.8. The fourth-order valence-corrected chi connectivity index (χ4v) is 1.60. The zero-order valence-corrected chi connectivity index (χ0v) is 8.12. The van der Waals surface area contributed by atoms with Gasteiger partial charge >= 0.3 is 6.09 Å². The molecule has 0 bridgehead atoms. The Morgan fingerprint density at radius 3 is 2.93 bits per heavy atom. The number of rotatable bonds is 0. The molecule has 0 saturated heterocycles. The molecular formula is C9H7ClN2O2. The van der Waals surface area contributed by atoms with Crippen molar-refractivity contribution in [2.24, 2.45) is 0 Å². The summed E-state index contributed by atoms with van der Waals surface area (Å²) < 4.78 is 0.955. The van der Waals surface area contributed by atoms with E-state index in [9.17, 15) is 4.79 Å². The number of nitrogens with zero attached hydrogens (tertiary/aromatic N) is 2. The first-order valence-corrected chi connectivity index (χ1v) is 4.35. The summed E-state index contributed by atoms with van der Waals surface area (Å²) in [7, 11) is 0. The Labute approximate surface area is 84.7 Å². The predicted octanol–water partition coefficient (Wildman–Crippen LogP) is 2.52. The van der Waals surface area contributed by atoms with Gasteiger partial charge in [-0.3, -0.25) is 0 Å². The van der Waals surface area contributed by atoms with Crippen LogP contribution in [0.15, 0.2) is 18.2 Å². The van der Waals surface area contributed by atoms with Gasteiger partial charge in [-0.25, -0.2) is 14.3 Å². The number of imidazole rings is 1. The summed E-state index contributed by atoms with van der Waals surface area (Å²) in [4.78, 5) is 14.8. The normalized spacial score (nSPS) is 10.7. The highest BCUT2D eigenvalue weighted by Crippen LogP contribution is 2.20. The van der Waals surface area contributed by atoms with E-state index >= 15 is 0 Å². The lowest BCUT2D eigenvalue weighted by molar-refractivity contribution is 0.197. The molecule has 0 unspecified atom stereocenters. The minimum Gasteiger partial charge on any atom is -0.464 e. The molecule has 1 heterocycles. The van der Waals surface area contributed by atoms with E-state index < -0.39 is 6.09 Å². The molecule has 1 N–H and O–H groups in total. The highest BCUT2D eigenvalue weighted by atomic mass is 35.5. The Kier molecular flexibility index (Phi) is 1.93. The van der Waals surface area contributed by atoms with Crippen molar-refractivity contribution in [1.82, 2.24) is 9.55 Å². The minimum atomic E-state index is -1.12. The van der Waals surface area contributed by atoms with E-state index in [1.54, 1.807) is 12.1 Å². The van der Waals surface area contributed by atoms with Crippen LogP contribution >= 0.6 is 11.6 Å². The van der Waals surface area contributed by atoms with Crippen LogP contribution in [0.1, 0.15) is 5.56 Å². The monoisotopic (exact) mass is 210 g/mol. The zero-order valence-electron chi connectivity index (χ0n) is 7.36. The van der Waals surface area contributed by atoms with Crippen molar-refractivity contribution >= 4 is 28.7 Å². The third kappa shape index (κ3) is 1.24. The smallest absolute Gasteiger partial charge is 0.418 e. The number of carboxylic acid groups (broad SMARTS) is 1. The van der Waals surface area contributed by atoms with E-state index in [1.165, 1.54) is 0 Å². The molecule has 0 aliphatic carbocycles. The van der Waals surface area contributed by atoms with Crippen LogP contribution in [0.25, 0.3) is 11.0 Å². The number of hydrogen-bond acceptors (Lipinski definition) is 2. The maximum absolute atomic E-state index is 10.8. The molecule has 5 heteroatoms. The Balaban J connectivity index is 2.84. The standard InChI is InChI=1S/C9H7ClN2O2/c1-5-2-3-7-6(4-5)11-8(10)12(7)9(13)14/h2-4H,1H3,(H,13,14). The number of benzene rings is 1. The largest absolute Gasteiger partial charge is 0.464 e. The molecule has 14 heavy (non-hydrogen) atoms. The molecule has 0 aliphatic heterocycles. The maximum Gasteiger partial charge on any atom is 0.418 e. The molecule has 0 saturated carbocycles. The van der Waals surface area contributed by atoms with E-state index in [1.807, 2.05) is 13.0 Å². The van der Waals surface area contributed by atoms with E-state index in [-0.39, 0.29) is 5.28 Å². The van der Waals surface area contributed by atoms with Gasteiger partial charge in [0.1, 0.15) is 0 Å². The number of carbonyl (C=O) groups is 1. The second-order valence-electron chi connectivity index (χ2n) is 2.99. The summed E-state index contributed by atoms with van der Waals surface area (Å²) in [6.07, 6.45) is -1.12. The topological polar surface area (TPSA) is 55.1 Å². The molecule has 0 fully saturated rings. The molecular weight excluding hydrogens is 204 g/mol. The van der Waals surface area contributed by atoms with Gasteiger partial charge in [-0.05, 0) is 36.2 Å². The quantitative estimate of drug-likeness (QED) is 0.727. The first kappa shape index (κ1) is 9.02. The molecule has 0 radical (unpaired) electrons. The van der Waals surface area contributed by atoms with Crippen molar-refractivity contribution in [2.45, 2.75) is 6.92 Å². The van der Waals surface area contributed by atoms with Crippen molar-refractivity contribution in [3.05, 3.63) is 29.0 Å². The number of halogens is 1. The highest BCUT2D eigenvalue weighted by molar-refractivity contribution is 6.30. The second kappa shape index (κ2) is 2.99. The molecule has 4 nitrogen and oxygen atoms in total. The van der Waals surface area contributed by atoms with Gasteiger partial charge in [0, 0.05) is 0 Å². The van der Waals surface area contributed by atoms with E-state index in [2.05, 4.69) is 4.98 Å². The Morgan fingerprint density at radius 2 is 2.29 bits per heavy atom. The zero-order chi connectivity index (χ0) is 10.3. The summed E-state index contributed by atoms with van der Waals surface area (Å²) in [6, 6.07) is 5.30. The SMILES string of the molecule is Cc1ccc2c(c1)nc(Cl)n2C(=O)O. The lowest BCUT2D eigenvalue weighted by Gasteiger charge is -1.97. The van der Waals surface area contributed by atoms with Crippen LogP contribution in [0, 0.1) is 6.92 Å². The Hall–Kier alpha value is -1.55. The first-order chi connectivity index (χ1) is 6.59. The van der Waals surface area contributed by atoms with Crippen LogP contribution in [-0.4, -0.2) is 20.8 Å². The van der Waals surface area contributed by atoms with Crippen molar-refractivity contribution in [3.63, 3.8) is 0 Å². The Morgan fingerprint density at radius 1 is 1.57 bits per heavy atom. The number of hydrogen-bond donors (Lipinski definition) is 1. The average Bonchev–Trinajstić information content (AvgIpc) is 2.39. The van der Waals surface area contributed by atoms with Crippen LogP contribution in [-0.2, 0) is 0 Å². The van der Waals surface area contributed by atoms with Crippen molar-refractivity contribution in [2.75, 3.05) is 0 Å². The average molecular weight is 211 g/mol. The van der Waals surface area contributed by atoms with Gasteiger partial charge < -0.3 is 5.11 Å². The van der Waals surface area contributed by atoms with Gasteiger partial charge in [-0.2, -0.15) is 0 Å². The molecule has 1 aromatic heterocycles. The lowest BCUT2D eigenvalue weighted by Crippen LogP contribution is -2.07. The van der Waals surface area contributed by atoms with E-state index in [0.29, 0.717) is 11.0 Å². The minimum absolute atomic E-state index is 0.0295.